The molecule has 0 aliphatic carbocycles. The summed E-state index contributed by atoms with van der Waals surface area (Å²) in [5, 5.41) is 3.50. The quantitative estimate of drug-likeness (QED) is 0.895. The van der Waals surface area contributed by atoms with Gasteiger partial charge < -0.3 is 10.2 Å². The molecule has 2 rings (SSSR count). The van der Waals surface area contributed by atoms with Crippen LogP contribution < -0.4 is 5.32 Å². The summed E-state index contributed by atoms with van der Waals surface area (Å²) in [5.41, 5.74) is 2.68. The number of hydrogen-bond donors (Lipinski definition) is 1. The predicted octanol–water partition coefficient (Wildman–Crippen LogP) is 2.52. The topological polar surface area (TPSA) is 32.3 Å². The van der Waals surface area contributed by atoms with Crippen LogP contribution in [0.25, 0.3) is 0 Å². The number of carbonyl (C=O) groups is 1. The van der Waals surface area contributed by atoms with Crippen molar-refractivity contribution in [2.75, 3.05) is 6.54 Å². The number of hydrogen-bond acceptors (Lipinski definition) is 2. The van der Waals surface area contributed by atoms with Crippen molar-refractivity contribution in [2.45, 2.75) is 58.7 Å². The van der Waals surface area contributed by atoms with E-state index in [2.05, 4.69) is 57.3 Å². The second kappa shape index (κ2) is 6.40. The van der Waals surface area contributed by atoms with Gasteiger partial charge in [0, 0.05) is 18.6 Å². The molecule has 0 unspecified atom stereocenters. The minimum Gasteiger partial charge on any atom is -0.339 e. The van der Waals surface area contributed by atoms with Gasteiger partial charge in [-0.15, -0.1) is 0 Å². The summed E-state index contributed by atoms with van der Waals surface area (Å²) in [6.07, 6.45) is 1.90. The number of carbonyl (C=O) groups excluding carboxylic acids is 1. The van der Waals surface area contributed by atoms with Gasteiger partial charge in [-0.2, -0.15) is 0 Å². The van der Waals surface area contributed by atoms with E-state index < -0.39 is 0 Å². The minimum absolute atomic E-state index is 0.00332. The zero-order chi connectivity index (χ0) is 14.7. The summed E-state index contributed by atoms with van der Waals surface area (Å²) in [6.45, 7) is 9.35. The van der Waals surface area contributed by atoms with E-state index in [1.165, 1.54) is 11.1 Å². The maximum atomic E-state index is 12.3. The first-order chi connectivity index (χ1) is 9.49. The molecule has 2 atom stereocenters. The minimum atomic E-state index is -0.00332. The number of aryl methyl sites for hydroxylation is 1. The van der Waals surface area contributed by atoms with Crippen molar-refractivity contribution in [1.29, 1.82) is 0 Å². The molecule has 0 aromatic heterocycles. The van der Waals surface area contributed by atoms with Crippen molar-refractivity contribution in [3.05, 3.63) is 35.4 Å². The molecule has 0 spiro atoms. The lowest BCUT2D eigenvalue weighted by Crippen LogP contribution is -2.44. The third kappa shape index (κ3) is 3.40. The normalized spacial score (nSPS) is 20.8. The van der Waals surface area contributed by atoms with Gasteiger partial charge in [0.1, 0.15) is 0 Å². The average Bonchev–Trinajstić information content (AvgIpc) is 2.74. The first-order valence-electron chi connectivity index (χ1n) is 7.60. The molecule has 1 saturated heterocycles. The Kier molecular flexibility index (Phi) is 4.81. The van der Waals surface area contributed by atoms with E-state index in [0.717, 1.165) is 19.4 Å². The smallest absolute Gasteiger partial charge is 0.240 e. The van der Waals surface area contributed by atoms with E-state index in [-0.39, 0.29) is 11.9 Å². The van der Waals surface area contributed by atoms with Gasteiger partial charge in [0.25, 0.3) is 0 Å². The van der Waals surface area contributed by atoms with E-state index in [1.807, 2.05) is 4.90 Å². The summed E-state index contributed by atoms with van der Waals surface area (Å²) >= 11 is 0. The van der Waals surface area contributed by atoms with Crippen LogP contribution in [0.2, 0.25) is 0 Å². The Bertz CT molecular complexity index is 470. The van der Waals surface area contributed by atoms with Crippen molar-refractivity contribution in [1.82, 2.24) is 10.2 Å². The van der Waals surface area contributed by atoms with Crippen LogP contribution in [0.3, 0.4) is 0 Å². The van der Waals surface area contributed by atoms with Gasteiger partial charge in [-0.25, -0.2) is 0 Å². The van der Waals surface area contributed by atoms with Crippen molar-refractivity contribution in [3.63, 3.8) is 0 Å². The van der Waals surface area contributed by atoms with Gasteiger partial charge in [0.05, 0.1) is 6.04 Å². The van der Waals surface area contributed by atoms with Gasteiger partial charge in [-0.1, -0.05) is 24.3 Å². The fourth-order valence-corrected chi connectivity index (χ4v) is 2.94. The van der Waals surface area contributed by atoms with Crippen LogP contribution in [-0.2, 0) is 11.2 Å². The molecule has 110 valence electrons. The molecule has 0 bridgehead atoms. The fraction of sp³-hybridized carbons (Fsp3) is 0.588. The van der Waals surface area contributed by atoms with E-state index in [4.69, 9.17) is 0 Å². The molecular weight excluding hydrogens is 248 g/mol. The summed E-state index contributed by atoms with van der Waals surface area (Å²) in [6, 6.07) is 9.08. The monoisotopic (exact) mass is 274 g/mol. The number of amides is 1. The van der Waals surface area contributed by atoms with Crippen LogP contribution >= 0.6 is 0 Å². The van der Waals surface area contributed by atoms with Crippen molar-refractivity contribution in [3.8, 4) is 0 Å². The first kappa shape index (κ1) is 15.0. The second-order valence-electron chi connectivity index (χ2n) is 6.16. The molecule has 20 heavy (non-hydrogen) atoms. The molecule has 0 radical (unpaired) electrons. The maximum Gasteiger partial charge on any atom is 0.240 e. The standard InChI is InChI=1S/C17H26N2O/c1-12(2)19-10-9-16(17(19)20)18-14(4)11-15-8-6-5-7-13(15)3/h5-8,12,14,16,18H,9-11H2,1-4H3/t14-,16-/m1/s1. The Morgan fingerprint density at radius 1 is 1.30 bits per heavy atom. The summed E-state index contributed by atoms with van der Waals surface area (Å²) in [4.78, 5) is 14.2. The maximum absolute atomic E-state index is 12.3. The fourth-order valence-electron chi connectivity index (χ4n) is 2.94. The highest BCUT2D eigenvalue weighted by atomic mass is 16.2. The third-order valence-corrected chi connectivity index (χ3v) is 4.14. The zero-order valence-electron chi connectivity index (χ0n) is 13.0. The molecule has 1 fully saturated rings. The molecule has 1 amide bonds. The molecular formula is C17H26N2O. The lowest BCUT2D eigenvalue weighted by Gasteiger charge is -2.23. The molecule has 0 saturated carbocycles. The number of nitrogens with one attached hydrogen (secondary N) is 1. The van der Waals surface area contributed by atoms with E-state index >= 15 is 0 Å². The van der Waals surface area contributed by atoms with Crippen LogP contribution in [-0.4, -0.2) is 35.5 Å². The highest BCUT2D eigenvalue weighted by Crippen LogP contribution is 2.16. The van der Waals surface area contributed by atoms with Crippen molar-refractivity contribution >= 4 is 5.91 Å². The third-order valence-electron chi connectivity index (χ3n) is 4.14. The lowest BCUT2D eigenvalue weighted by molar-refractivity contribution is -0.130. The number of nitrogens with zero attached hydrogens (tertiary/aromatic N) is 1. The molecule has 3 heteroatoms. The highest BCUT2D eigenvalue weighted by Gasteiger charge is 2.33. The molecule has 1 N–H and O–H groups in total. The first-order valence-corrected chi connectivity index (χ1v) is 7.60. The summed E-state index contributed by atoms with van der Waals surface area (Å²) in [7, 11) is 0. The zero-order valence-corrected chi connectivity index (χ0v) is 13.0. The van der Waals surface area contributed by atoms with Crippen LogP contribution in [0.15, 0.2) is 24.3 Å². The lowest BCUT2D eigenvalue weighted by atomic mass is 10.0. The number of likely N-dealkylation sites (tertiary alicyclic amines) is 1. The summed E-state index contributed by atoms with van der Waals surface area (Å²) in [5.74, 6) is 0.261. The molecule has 1 aromatic carbocycles. The van der Waals surface area contributed by atoms with Gasteiger partial charge in [0.15, 0.2) is 0 Å². The molecule has 1 aromatic rings. The largest absolute Gasteiger partial charge is 0.339 e. The molecule has 1 aliphatic heterocycles. The van der Waals surface area contributed by atoms with E-state index in [1.54, 1.807) is 0 Å². The molecule has 1 heterocycles. The predicted molar refractivity (Wildman–Crippen MR) is 82.7 cm³/mol. The molecule has 1 aliphatic rings. The van der Waals surface area contributed by atoms with Crippen molar-refractivity contribution in [2.24, 2.45) is 0 Å². The van der Waals surface area contributed by atoms with E-state index in [9.17, 15) is 4.79 Å². The van der Waals surface area contributed by atoms with Crippen LogP contribution in [0, 0.1) is 6.92 Å². The van der Waals surface area contributed by atoms with Crippen molar-refractivity contribution < 1.29 is 4.79 Å². The van der Waals surface area contributed by atoms with Gasteiger partial charge >= 0.3 is 0 Å². The summed E-state index contributed by atoms with van der Waals surface area (Å²) < 4.78 is 0. The Morgan fingerprint density at radius 2 is 2.00 bits per heavy atom. The highest BCUT2D eigenvalue weighted by molar-refractivity contribution is 5.84. The van der Waals surface area contributed by atoms with E-state index in [0.29, 0.717) is 12.1 Å². The van der Waals surface area contributed by atoms with Gasteiger partial charge in [-0.3, -0.25) is 4.79 Å². The molecule has 3 nitrogen and oxygen atoms in total. The van der Waals surface area contributed by atoms with Crippen LogP contribution in [0.5, 0.6) is 0 Å². The van der Waals surface area contributed by atoms with Crippen LogP contribution in [0.1, 0.15) is 38.3 Å². The Labute approximate surface area is 122 Å². The average molecular weight is 274 g/mol. The number of rotatable bonds is 5. The van der Waals surface area contributed by atoms with Crippen LogP contribution in [0.4, 0.5) is 0 Å². The SMILES string of the molecule is Cc1ccccc1C[C@@H](C)N[C@@H]1CCN(C(C)C)C1=O. The Morgan fingerprint density at radius 3 is 2.60 bits per heavy atom. The van der Waals surface area contributed by atoms with Gasteiger partial charge in [-0.05, 0) is 51.7 Å². The Hall–Kier alpha value is -1.35. The second-order valence-corrected chi connectivity index (χ2v) is 6.16. The number of benzene rings is 1. The Balaban J connectivity index is 1.91. The van der Waals surface area contributed by atoms with Gasteiger partial charge in [0.2, 0.25) is 5.91 Å².